The highest BCUT2D eigenvalue weighted by Crippen LogP contribution is 2.13. The number of amides is 2. The third-order valence-corrected chi connectivity index (χ3v) is 4.30. The van der Waals surface area contributed by atoms with Crippen LogP contribution in [0, 0.1) is 5.92 Å². The number of carbonyl (C=O) groups is 2. The van der Waals surface area contributed by atoms with Crippen molar-refractivity contribution in [3.8, 4) is 5.75 Å². The van der Waals surface area contributed by atoms with Crippen molar-refractivity contribution in [2.45, 2.75) is 33.4 Å². The molecule has 2 N–H and O–H groups in total. The van der Waals surface area contributed by atoms with Crippen molar-refractivity contribution in [3.63, 3.8) is 0 Å². The fraction of sp³-hybridized carbons (Fsp3) is 0.333. The Morgan fingerprint density at radius 1 is 1.04 bits per heavy atom. The van der Waals surface area contributed by atoms with Gasteiger partial charge in [0.05, 0.1) is 6.61 Å². The standard InChI is InChI=1S/C21H25ClN2O3/c1-4-27-18-11-7-16(8-12-18)20(25)24-19(14(2)3)21(26)23-13-15-5-9-17(22)10-6-15/h5-12,14,19H,4,13H2,1-3H3,(H,23,26)(H,24,25). The summed E-state index contributed by atoms with van der Waals surface area (Å²) < 4.78 is 5.38. The normalized spacial score (nSPS) is 11.7. The van der Waals surface area contributed by atoms with Crippen LogP contribution < -0.4 is 15.4 Å². The SMILES string of the molecule is CCOc1ccc(C(=O)NC(C(=O)NCc2ccc(Cl)cc2)C(C)C)cc1. The van der Waals surface area contributed by atoms with E-state index in [0.717, 1.165) is 5.56 Å². The van der Waals surface area contributed by atoms with Crippen LogP contribution in [0.15, 0.2) is 48.5 Å². The van der Waals surface area contributed by atoms with Gasteiger partial charge < -0.3 is 15.4 Å². The zero-order chi connectivity index (χ0) is 19.8. The monoisotopic (exact) mass is 388 g/mol. The Morgan fingerprint density at radius 2 is 1.67 bits per heavy atom. The Balaban J connectivity index is 1.97. The van der Waals surface area contributed by atoms with Crippen molar-refractivity contribution < 1.29 is 14.3 Å². The summed E-state index contributed by atoms with van der Waals surface area (Å²) in [5.41, 5.74) is 1.42. The number of hydrogen-bond donors (Lipinski definition) is 2. The first-order valence-electron chi connectivity index (χ1n) is 8.96. The predicted octanol–water partition coefficient (Wildman–Crippen LogP) is 3.81. The van der Waals surface area contributed by atoms with E-state index in [4.69, 9.17) is 16.3 Å². The van der Waals surface area contributed by atoms with E-state index in [-0.39, 0.29) is 17.7 Å². The lowest BCUT2D eigenvalue weighted by Gasteiger charge is -2.22. The van der Waals surface area contributed by atoms with Crippen LogP contribution in [0.1, 0.15) is 36.7 Å². The Labute approximate surface area is 165 Å². The van der Waals surface area contributed by atoms with Gasteiger partial charge in [0.1, 0.15) is 11.8 Å². The molecule has 2 rings (SSSR count). The van der Waals surface area contributed by atoms with E-state index in [2.05, 4.69) is 10.6 Å². The molecule has 0 aliphatic heterocycles. The highest BCUT2D eigenvalue weighted by molar-refractivity contribution is 6.30. The molecule has 0 aliphatic rings. The van der Waals surface area contributed by atoms with Gasteiger partial charge in [-0.15, -0.1) is 0 Å². The molecule has 0 fully saturated rings. The van der Waals surface area contributed by atoms with Crippen LogP contribution >= 0.6 is 11.6 Å². The molecule has 2 amide bonds. The van der Waals surface area contributed by atoms with Crippen LogP contribution in [-0.4, -0.2) is 24.5 Å². The Kier molecular flexibility index (Phi) is 7.67. The average Bonchev–Trinajstić information content (AvgIpc) is 2.66. The molecule has 1 atom stereocenters. The third kappa shape index (κ3) is 6.29. The second kappa shape index (κ2) is 9.97. The smallest absolute Gasteiger partial charge is 0.251 e. The first-order chi connectivity index (χ1) is 12.9. The van der Waals surface area contributed by atoms with Gasteiger partial charge in [-0.05, 0) is 54.8 Å². The molecule has 0 radical (unpaired) electrons. The fourth-order valence-corrected chi connectivity index (χ4v) is 2.66. The molecule has 0 aliphatic carbocycles. The fourth-order valence-electron chi connectivity index (χ4n) is 2.53. The van der Waals surface area contributed by atoms with E-state index in [1.807, 2.05) is 32.9 Å². The molecule has 0 heterocycles. The molecular formula is C21H25ClN2O3. The molecule has 2 aromatic rings. The summed E-state index contributed by atoms with van der Waals surface area (Å²) in [4.78, 5) is 25.1. The van der Waals surface area contributed by atoms with Crippen molar-refractivity contribution in [1.82, 2.24) is 10.6 Å². The molecule has 0 saturated carbocycles. The molecule has 6 heteroatoms. The minimum atomic E-state index is -0.628. The van der Waals surface area contributed by atoms with Crippen LogP contribution in [0.2, 0.25) is 5.02 Å². The maximum absolute atomic E-state index is 12.6. The lowest BCUT2D eigenvalue weighted by Crippen LogP contribution is -2.49. The first-order valence-corrected chi connectivity index (χ1v) is 9.34. The Hall–Kier alpha value is -2.53. The largest absolute Gasteiger partial charge is 0.494 e. The topological polar surface area (TPSA) is 67.4 Å². The number of halogens is 1. The van der Waals surface area contributed by atoms with Gasteiger partial charge in [-0.1, -0.05) is 37.6 Å². The number of rotatable bonds is 8. The average molecular weight is 389 g/mol. The van der Waals surface area contributed by atoms with Gasteiger partial charge in [0.2, 0.25) is 5.91 Å². The summed E-state index contributed by atoms with van der Waals surface area (Å²) >= 11 is 5.87. The van der Waals surface area contributed by atoms with Gasteiger partial charge in [-0.3, -0.25) is 9.59 Å². The van der Waals surface area contributed by atoms with Crippen LogP contribution in [0.25, 0.3) is 0 Å². The van der Waals surface area contributed by atoms with Crippen LogP contribution in [0.4, 0.5) is 0 Å². The summed E-state index contributed by atoms with van der Waals surface area (Å²) in [7, 11) is 0. The van der Waals surface area contributed by atoms with Gasteiger partial charge in [0.25, 0.3) is 5.91 Å². The minimum Gasteiger partial charge on any atom is -0.494 e. The Bertz CT molecular complexity index is 758. The van der Waals surface area contributed by atoms with Crippen molar-refractivity contribution in [1.29, 1.82) is 0 Å². The number of hydrogen-bond acceptors (Lipinski definition) is 3. The summed E-state index contributed by atoms with van der Waals surface area (Å²) in [6, 6.07) is 13.5. The van der Waals surface area contributed by atoms with Crippen molar-refractivity contribution >= 4 is 23.4 Å². The summed E-state index contributed by atoms with van der Waals surface area (Å²) in [5.74, 6) is 0.134. The van der Waals surface area contributed by atoms with E-state index in [9.17, 15) is 9.59 Å². The highest BCUT2D eigenvalue weighted by atomic mass is 35.5. The maximum Gasteiger partial charge on any atom is 0.251 e. The van der Waals surface area contributed by atoms with E-state index in [0.29, 0.717) is 29.5 Å². The van der Waals surface area contributed by atoms with Gasteiger partial charge in [0.15, 0.2) is 0 Å². The molecule has 1 unspecified atom stereocenters. The van der Waals surface area contributed by atoms with Crippen molar-refractivity contribution in [2.24, 2.45) is 5.92 Å². The predicted molar refractivity (Wildman–Crippen MR) is 107 cm³/mol. The van der Waals surface area contributed by atoms with Crippen LogP contribution in [-0.2, 0) is 11.3 Å². The Morgan fingerprint density at radius 3 is 2.22 bits per heavy atom. The molecule has 0 saturated heterocycles. The quantitative estimate of drug-likeness (QED) is 0.722. The number of benzene rings is 2. The zero-order valence-corrected chi connectivity index (χ0v) is 16.5. The number of nitrogens with one attached hydrogen (secondary N) is 2. The van der Waals surface area contributed by atoms with Crippen molar-refractivity contribution in [2.75, 3.05) is 6.61 Å². The van der Waals surface area contributed by atoms with E-state index < -0.39 is 6.04 Å². The van der Waals surface area contributed by atoms with E-state index >= 15 is 0 Å². The van der Waals surface area contributed by atoms with Gasteiger partial charge in [-0.2, -0.15) is 0 Å². The molecule has 144 valence electrons. The second-order valence-electron chi connectivity index (χ2n) is 6.50. The summed E-state index contributed by atoms with van der Waals surface area (Å²) in [6.45, 7) is 6.62. The second-order valence-corrected chi connectivity index (χ2v) is 6.93. The van der Waals surface area contributed by atoms with Gasteiger partial charge >= 0.3 is 0 Å². The molecular weight excluding hydrogens is 364 g/mol. The lowest BCUT2D eigenvalue weighted by atomic mass is 10.0. The zero-order valence-electron chi connectivity index (χ0n) is 15.8. The first kappa shape index (κ1) is 20.8. The molecule has 0 bridgehead atoms. The molecule has 0 aromatic heterocycles. The summed E-state index contributed by atoms with van der Waals surface area (Å²) in [5, 5.41) is 6.33. The highest BCUT2D eigenvalue weighted by Gasteiger charge is 2.24. The summed E-state index contributed by atoms with van der Waals surface area (Å²) in [6.07, 6.45) is 0. The van der Waals surface area contributed by atoms with Gasteiger partial charge in [0, 0.05) is 17.1 Å². The van der Waals surface area contributed by atoms with E-state index in [1.54, 1.807) is 36.4 Å². The molecule has 27 heavy (non-hydrogen) atoms. The third-order valence-electron chi connectivity index (χ3n) is 4.04. The lowest BCUT2D eigenvalue weighted by molar-refractivity contribution is -0.124. The molecule has 0 spiro atoms. The van der Waals surface area contributed by atoms with Gasteiger partial charge in [-0.25, -0.2) is 0 Å². The molecule has 5 nitrogen and oxygen atoms in total. The molecule has 2 aromatic carbocycles. The minimum absolute atomic E-state index is 0.0538. The number of ether oxygens (including phenoxy) is 1. The number of carbonyl (C=O) groups excluding carboxylic acids is 2. The maximum atomic E-state index is 12.6. The van der Waals surface area contributed by atoms with Crippen LogP contribution in [0.5, 0.6) is 5.75 Å². The van der Waals surface area contributed by atoms with Crippen LogP contribution in [0.3, 0.4) is 0 Å². The van der Waals surface area contributed by atoms with Crippen molar-refractivity contribution in [3.05, 3.63) is 64.7 Å². The van der Waals surface area contributed by atoms with E-state index in [1.165, 1.54) is 0 Å².